The molecular weight excluding hydrogens is 326 g/mol. The van der Waals surface area contributed by atoms with Gasteiger partial charge in [-0.2, -0.15) is 5.26 Å². The lowest BCUT2D eigenvalue weighted by molar-refractivity contribution is 1.08. The van der Waals surface area contributed by atoms with Crippen LogP contribution in [0.3, 0.4) is 0 Å². The van der Waals surface area contributed by atoms with Crippen molar-refractivity contribution < 1.29 is 0 Å². The number of hydrogen-bond acceptors (Lipinski definition) is 5. The number of H-pyrrole nitrogens is 1. The van der Waals surface area contributed by atoms with E-state index in [1.807, 2.05) is 12.1 Å². The number of nitrogens with one attached hydrogen (secondary N) is 1. The van der Waals surface area contributed by atoms with E-state index in [2.05, 4.69) is 41.9 Å². The fourth-order valence-corrected chi connectivity index (χ4v) is 3.08. The molecule has 0 atom stereocenters. The maximum absolute atomic E-state index is 9.13. The molecule has 3 rings (SSSR count). The highest BCUT2D eigenvalue weighted by molar-refractivity contribution is 9.10. The highest BCUT2D eigenvalue weighted by Gasteiger charge is 2.10. The molecule has 0 saturated heterocycles. The molecule has 0 aliphatic rings. The van der Waals surface area contributed by atoms with Crippen molar-refractivity contribution in [2.75, 3.05) is 0 Å². The Bertz CT molecular complexity index is 792. The summed E-state index contributed by atoms with van der Waals surface area (Å²) in [6, 6.07) is 7.69. The Labute approximate surface area is 121 Å². The van der Waals surface area contributed by atoms with E-state index >= 15 is 0 Å². The van der Waals surface area contributed by atoms with Crippen molar-refractivity contribution in [1.82, 2.24) is 19.9 Å². The van der Waals surface area contributed by atoms with Gasteiger partial charge in [-0.05, 0) is 18.2 Å². The minimum Gasteiger partial charge on any atom is -0.341 e. The van der Waals surface area contributed by atoms with Crippen LogP contribution in [-0.2, 0) is 0 Å². The first-order chi connectivity index (χ1) is 9.28. The molecule has 7 heteroatoms. The quantitative estimate of drug-likeness (QED) is 0.730. The molecule has 5 nitrogen and oxygen atoms in total. The average molecular weight is 332 g/mol. The van der Waals surface area contributed by atoms with Crippen LogP contribution in [0.15, 0.2) is 45.2 Å². The van der Waals surface area contributed by atoms with Gasteiger partial charge in [0.05, 0.1) is 11.9 Å². The zero-order chi connectivity index (χ0) is 13.2. The topological polar surface area (TPSA) is 78.2 Å². The molecule has 19 heavy (non-hydrogen) atoms. The van der Waals surface area contributed by atoms with Crippen LogP contribution in [0, 0.1) is 11.3 Å². The molecule has 2 aromatic heterocycles. The zero-order valence-corrected chi connectivity index (χ0v) is 11.9. The highest BCUT2D eigenvalue weighted by atomic mass is 79.9. The predicted octanol–water partition coefficient (Wildman–Crippen LogP) is 3.14. The van der Waals surface area contributed by atoms with Crippen LogP contribution in [0.4, 0.5) is 0 Å². The van der Waals surface area contributed by atoms with Crippen molar-refractivity contribution >= 4 is 38.9 Å². The van der Waals surface area contributed by atoms with Gasteiger partial charge in [0, 0.05) is 9.37 Å². The summed E-state index contributed by atoms with van der Waals surface area (Å²) in [4.78, 5) is 16.2. The smallest absolute Gasteiger partial charge is 0.181 e. The molecule has 0 unspecified atom stereocenters. The van der Waals surface area contributed by atoms with Crippen LogP contribution in [0.5, 0.6) is 0 Å². The monoisotopic (exact) mass is 331 g/mol. The van der Waals surface area contributed by atoms with E-state index in [1.165, 1.54) is 18.1 Å². The highest BCUT2D eigenvalue weighted by Crippen LogP contribution is 2.33. The first kappa shape index (κ1) is 12.1. The normalized spacial score (nSPS) is 10.5. The molecular formula is C12H6BrN5S. The van der Waals surface area contributed by atoms with Crippen LogP contribution in [0.25, 0.3) is 11.2 Å². The third-order valence-electron chi connectivity index (χ3n) is 2.46. The number of imidazole rings is 1. The number of hydrogen-bond donors (Lipinski definition) is 1. The summed E-state index contributed by atoms with van der Waals surface area (Å²) in [5, 5.41) is 9.88. The van der Waals surface area contributed by atoms with Gasteiger partial charge in [-0.1, -0.05) is 27.7 Å². The van der Waals surface area contributed by atoms with Crippen LogP contribution < -0.4 is 0 Å². The van der Waals surface area contributed by atoms with Crippen LogP contribution in [-0.4, -0.2) is 19.9 Å². The molecule has 2 heterocycles. The van der Waals surface area contributed by atoms with Gasteiger partial charge in [0.15, 0.2) is 5.65 Å². The van der Waals surface area contributed by atoms with E-state index in [4.69, 9.17) is 5.26 Å². The van der Waals surface area contributed by atoms with Crippen molar-refractivity contribution in [1.29, 1.82) is 5.26 Å². The fraction of sp³-hybridized carbons (Fsp3) is 0. The van der Waals surface area contributed by atoms with Gasteiger partial charge in [-0.25, -0.2) is 15.0 Å². The van der Waals surface area contributed by atoms with E-state index in [0.717, 1.165) is 19.9 Å². The molecule has 0 bridgehead atoms. The third kappa shape index (κ3) is 2.32. The number of nitrogens with zero attached hydrogens (tertiary/aromatic N) is 4. The summed E-state index contributed by atoms with van der Waals surface area (Å²) in [7, 11) is 0. The molecule has 0 spiro atoms. The summed E-state index contributed by atoms with van der Waals surface area (Å²) < 4.78 is 0.920. The molecule has 92 valence electrons. The van der Waals surface area contributed by atoms with Gasteiger partial charge in [-0.15, -0.1) is 0 Å². The number of rotatable bonds is 2. The number of aromatic amines is 1. The molecule has 0 aliphatic heterocycles. The molecule has 0 radical (unpaired) electrons. The molecule has 3 aromatic rings. The van der Waals surface area contributed by atoms with Crippen LogP contribution in [0.2, 0.25) is 0 Å². The molecule has 1 N–H and O–H groups in total. The van der Waals surface area contributed by atoms with Gasteiger partial charge < -0.3 is 4.98 Å². The van der Waals surface area contributed by atoms with Crippen molar-refractivity contribution in [3.63, 3.8) is 0 Å². The first-order valence-electron chi connectivity index (χ1n) is 5.29. The molecule has 0 fully saturated rings. The van der Waals surface area contributed by atoms with Crippen LogP contribution >= 0.6 is 27.7 Å². The average Bonchev–Trinajstić information content (AvgIpc) is 2.88. The maximum Gasteiger partial charge on any atom is 0.181 e. The number of aromatic nitrogens is 4. The second-order valence-electron chi connectivity index (χ2n) is 3.63. The summed E-state index contributed by atoms with van der Waals surface area (Å²) in [5.41, 5.74) is 2.00. The summed E-state index contributed by atoms with van der Waals surface area (Å²) >= 11 is 4.82. The summed E-state index contributed by atoms with van der Waals surface area (Å²) in [6.45, 7) is 0. The molecule has 0 saturated carbocycles. The lowest BCUT2D eigenvalue weighted by atomic mass is 10.2. The largest absolute Gasteiger partial charge is 0.341 e. The predicted molar refractivity (Wildman–Crippen MR) is 74.7 cm³/mol. The summed E-state index contributed by atoms with van der Waals surface area (Å²) in [6.07, 6.45) is 3.05. The van der Waals surface area contributed by atoms with E-state index in [0.29, 0.717) is 11.2 Å². The maximum atomic E-state index is 9.13. The SMILES string of the molecule is N#Cc1ccc(Br)cc1Sc1ncnc2nc[nH]c12. The van der Waals surface area contributed by atoms with E-state index in [9.17, 15) is 0 Å². The first-order valence-corrected chi connectivity index (χ1v) is 6.90. The van der Waals surface area contributed by atoms with Crippen molar-refractivity contribution in [3.8, 4) is 6.07 Å². The molecule has 1 aromatic carbocycles. The standard InChI is InChI=1S/C12H6BrN5S/c13-8-2-1-7(4-14)9(3-8)19-12-10-11(16-5-15-10)17-6-18-12/h1-3,5-6H,(H,15,16,17,18). The van der Waals surface area contributed by atoms with Crippen molar-refractivity contribution in [2.24, 2.45) is 0 Å². The number of benzene rings is 1. The Morgan fingerprint density at radius 2 is 2.16 bits per heavy atom. The minimum absolute atomic E-state index is 0.611. The Morgan fingerprint density at radius 1 is 1.26 bits per heavy atom. The van der Waals surface area contributed by atoms with Gasteiger partial charge in [-0.3, -0.25) is 0 Å². The van der Waals surface area contributed by atoms with Gasteiger partial charge in [0.2, 0.25) is 0 Å². The molecule has 0 aliphatic carbocycles. The zero-order valence-electron chi connectivity index (χ0n) is 9.46. The Hall–Kier alpha value is -1.91. The van der Waals surface area contributed by atoms with Gasteiger partial charge in [0.25, 0.3) is 0 Å². The Kier molecular flexibility index (Phi) is 3.19. The fourth-order valence-electron chi connectivity index (χ4n) is 1.60. The lowest BCUT2D eigenvalue weighted by Crippen LogP contribution is -1.88. The van der Waals surface area contributed by atoms with E-state index in [1.54, 1.807) is 12.4 Å². The lowest BCUT2D eigenvalue weighted by Gasteiger charge is -2.04. The second-order valence-corrected chi connectivity index (χ2v) is 5.58. The van der Waals surface area contributed by atoms with Crippen molar-refractivity contribution in [3.05, 3.63) is 40.9 Å². The number of halogens is 1. The van der Waals surface area contributed by atoms with Gasteiger partial charge in [0.1, 0.15) is 22.9 Å². The summed E-state index contributed by atoms with van der Waals surface area (Å²) in [5.74, 6) is 0. The van der Waals surface area contributed by atoms with E-state index < -0.39 is 0 Å². The van der Waals surface area contributed by atoms with Crippen LogP contribution in [0.1, 0.15) is 5.56 Å². The van der Waals surface area contributed by atoms with Gasteiger partial charge >= 0.3 is 0 Å². The van der Waals surface area contributed by atoms with E-state index in [-0.39, 0.29) is 0 Å². The number of fused-ring (bicyclic) bond motifs is 1. The minimum atomic E-state index is 0.611. The second kappa shape index (κ2) is 4.99. The third-order valence-corrected chi connectivity index (χ3v) is 4.01. The Balaban J connectivity index is 2.09. The molecule has 0 amide bonds. The van der Waals surface area contributed by atoms with Crippen molar-refractivity contribution in [2.45, 2.75) is 9.92 Å². The Morgan fingerprint density at radius 3 is 3.00 bits per heavy atom. The number of nitriles is 1.